The zero-order chi connectivity index (χ0) is 19.0. The molecular weight excluding hydrogens is 360 g/mol. The Morgan fingerprint density at radius 3 is 2.85 bits per heavy atom. The number of carbonyl (C=O) groups excluding carboxylic acids is 2. The van der Waals surface area contributed by atoms with Crippen LogP contribution >= 0.6 is 0 Å². The first-order valence-corrected chi connectivity index (χ1v) is 8.27. The molecule has 3 aromatic rings. The highest BCUT2D eigenvalue weighted by Gasteiger charge is 2.30. The molecule has 0 aromatic carbocycles. The van der Waals surface area contributed by atoms with Crippen LogP contribution < -0.4 is 10.6 Å². The molecule has 0 aliphatic heterocycles. The van der Waals surface area contributed by atoms with Gasteiger partial charge in [0.15, 0.2) is 23.0 Å². The first kappa shape index (κ1) is 17.1. The number of nitrogens with one attached hydrogen (secondary N) is 2. The molecule has 9 nitrogen and oxygen atoms in total. The number of imidazole rings is 1. The normalized spacial score (nSPS) is 13.9. The summed E-state index contributed by atoms with van der Waals surface area (Å²) in [5, 5.41) is 8.89. The minimum absolute atomic E-state index is 0.000522. The van der Waals surface area contributed by atoms with Crippen LogP contribution in [-0.4, -0.2) is 48.9 Å². The van der Waals surface area contributed by atoms with Crippen LogP contribution in [0.1, 0.15) is 23.3 Å². The van der Waals surface area contributed by atoms with Gasteiger partial charge in [0.25, 0.3) is 12.3 Å². The first-order valence-electron chi connectivity index (χ1n) is 8.27. The van der Waals surface area contributed by atoms with Gasteiger partial charge in [-0.05, 0) is 18.9 Å². The second-order valence-electron chi connectivity index (χ2n) is 6.15. The molecule has 1 aliphatic rings. The van der Waals surface area contributed by atoms with Crippen LogP contribution in [0.2, 0.25) is 0 Å². The number of hydrogen-bond donors (Lipinski definition) is 2. The van der Waals surface area contributed by atoms with Crippen molar-refractivity contribution in [1.82, 2.24) is 29.5 Å². The number of rotatable bonds is 6. The van der Waals surface area contributed by atoms with Crippen molar-refractivity contribution in [3.05, 3.63) is 36.5 Å². The van der Waals surface area contributed by atoms with E-state index in [1.54, 1.807) is 16.8 Å². The fourth-order valence-corrected chi connectivity index (χ4v) is 2.47. The molecule has 3 aromatic heterocycles. The second-order valence-corrected chi connectivity index (χ2v) is 6.15. The third-order valence-electron chi connectivity index (χ3n) is 4.00. The zero-order valence-electron chi connectivity index (χ0n) is 14.0. The van der Waals surface area contributed by atoms with Gasteiger partial charge in [0.05, 0.1) is 25.1 Å². The van der Waals surface area contributed by atoms with Gasteiger partial charge >= 0.3 is 0 Å². The SMILES string of the molecule is O=C(NCC(F)F)c1ccn(-c2cn3cc(NC(=O)C4CC4)nc3cn2)n1. The van der Waals surface area contributed by atoms with Gasteiger partial charge in [-0.2, -0.15) is 5.10 Å². The lowest BCUT2D eigenvalue weighted by Crippen LogP contribution is -2.28. The summed E-state index contributed by atoms with van der Waals surface area (Å²) in [4.78, 5) is 32.1. The van der Waals surface area contributed by atoms with Gasteiger partial charge in [-0.15, -0.1) is 0 Å². The maximum atomic E-state index is 12.2. The molecule has 0 atom stereocenters. The van der Waals surface area contributed by atoms with E-state index >= 15 is 0 Å². The van der Waals surface area contributed by atoms with E-state index in [0.29, 0.717) is 17.3 Å². The predicted molar refractivity (Wildman–Crippen MR) is 89.8 cm³/mol. The van der Waals surface area contributed by atoms with E-state index in [1.165, 1.54) is 23.1 Å². The zero-order valence-corrected chi connectivity index (χ0v) is 14.0. The molecular formula is C16H15F2N7O2. The fraction of sp³-hybridized carbons (Fsp3) is 0.312. The van der Waals surface area contributed by atoms with Crippen molar-refractivity contribution in [1.29, 1.82) is 0 Å². The van der Waals surface area contributed by atoms with Gasteiger partial charge in [-0.3, -0.25) is 14.0 Å². The molecule has 4 rings (SSSR count). The number of nitrogens with zero attached hydrogens (tertiary/aromatic N) is 5. The van der Waals surface area contributed by atoms with E-state index in [1.807, 2.05) is 0 Å². The van der Waals surface area contributed by atoms with Crippen LogP contribution in [0, 0.1) is 5.92 Å². The van der Waals surface area contributed by atoms with Crippen molar-refractivity contribution in [3.63, 3.8) is 0 Å². The Hall–Kier alpha value is -3.37. The largest absolute Gasteiger partial charge is 0.345 e. The quantitative estimate of drug-likeness (QED) is 0.675. The van der Waals surface area contributed by atoms with E-state index in [0.717, 1.165) is 12.8 Å². The van der Waals surface area contributed by atoms with E-state index in [9.17, 15) is 18.4 Å². The van der Waals surface area contributed by atoms with Crippen LogP contribution in [0.3, 0.4) is 0 Å². The summed E-state index contributed by atoms with van der Waals surface area (Å²) >= 11 is 0. The van der Waals surface area contributed by atoms with E-state index in [4.69, 9.17) is 0 Å². The van der Waals surface area contributed by atoms with Gasteiger partial charge in [-0.1, -0.05) is 0 Å². The molecule has 27 heavy (non-hydrogen) atoms. The van der Waals surface area contributed by atoms with E-state index in [-0.39, 0.29) is 17.5 Å². The molecule has 1 saturated carbocycles. The highest BCUT2D eigenvalue weighted by atomic mass is 19.3. The molecule has 1 fully saturated rings. The molecule has 1 aliphatic carbocycles. The molecule has 2 N–H and O–H groups in total. The minimum atomic E-state index is -2.63. The number of amides is 2. The van der Waals surface area contributed by atoms with Gasteiger partial charge in [0, 0.05) is 12.1 Å². The Morgan fingerprint density at radius 2 is 2.11 bits per heavy atom. The Balaban J connectivity index is 1.51. The third-order valence-corrected chi connectivity index (χ3v) is 4.00. The number of aromatic nitrogens is 5. The number of anilines is 1. The summed E-state index contributed by atoms with van der Waals surface area (Å²) in [5.41, 5.74) is 0.535. The molecule has 11 heteroatoms. The molecule has 3 heterocycles. The van der Waals surface area contributed by atoms with Crippen molar-refractivity contribution >= 4 is 23.3 Å². The Morgan fingerprint density at radius 1 is 1.30 bits per heavy atom. The lowest BCUT2D eigenvalue weighted by Gasteiger charge is -2.02. The van der Waals surface area contributed by atoms with Gasteiger partial charge < -0.3 is 10.6 Å². The summed E-state index contributed by atoms with van der Waals surface area (Å²) in [6.45, 7) is -0.736. The number of carbonyl (C=O) groups is 2. The summed E-state index contributed by atoms with van der Waals surface area (Å²) in [6, 6.07) is 1.40. The van der Waals surface area contributed by atoms with Gasteiger partial charge in [0.2, 0.25) is 5.91 Å². The summed E-state index contributed by atoms with van der Waals surface area (Å²) < 4.78 is 27.4. The molecule has 140 valence electrons. The molecule has 0 saturated heterocycles. The van der Waals surface area contributed by atoms with Crippen molar-refractivity contribution in [2.45, 2.75) is 19.3 Å². The smallest absolute Gasteiger partial charge is 0.271 e. The van der Waals surface area contributed by atoms with Crippen molar-refractivity contribution in [2.75, 3.05) is 11.9 Å². The topological polar surface area (TPSA) is 106 Å². The van der Waals surface area contributed by atoms with E-state index < -0.39 is 18.9 Å². The lowest BCUT2D eigenvalue weighted by molar-refractivity contribution is -0.117. The Kier molecular flexibility index (Phi) is 4.26. The molecule has 0 radical (unpaired) electrons. The first-order chi connectivity index (χ1) is 13.0. The average Bonchev–Trinajstić information content (AvgIpc) is 3.24. The Labute approximate surface area is 151 Å². The van der Waals surface area contributed by atoms with Crippen molar-refractivity contribution in [2.24, 2.45) is 5.92 Å². The summed E-state index contributed by atoms with van der Waals surface area (Å²) in [5.74, 6) is 0.162. The maximum absolute atomic E-state index is 12.2. The molecule has 0 unspecified atom stereocenters. The monoisotopic (exact) mass is 375 g/mol. The standard InChI is InChI=1S/C16H15F2N7O2/c17-11(18)5-20-16(27)10-3-4-25(23-10)14-8-24-7-12(21-13(24)6-19-14)22-15(26)9-1-2-9/h3-4,6-9,11H,1-2,5H2,(H,20,27)(H,22,26). The summed E-state index contributed by atoms with van der Waals surface area (Å²) in [6.07, 6.45) is 5.45. The van der Waals surface area contributed by atoms with Crippen molar-refractivity contribution < 1.29 is 18.4 Å². The van der Waals surface area contributed by atoms with E-state index in [2.05, 4.69) is 25.7 Å². The highest BCUT2D eigenvalue weighted by molar-refractivity contribution is 5.93. The maximum Gasteiger partial charge on any atom is 0.271 e. The number of alkyl halides is 2. The average molecular weight is 375 g/mol. The number of fused-ring (bicyclic) bond motifs is 1. The van der Waals surface area contributed by atoms with Crippen molar-refractivity contribution in [3.8, 4) is 5.82 Å². The number of halogens is 2. The second kappa shape index (κ2) is 6.74. The summed E-state index contributed by atoms with van der Waals surface area (Å²) in [7, 11) is 0. The predicted octanol–water partition coefficient (Wildman–Crippen LogP) is 1.26. The van der Waals surface area contributed by atoms with Crippen LogP contribution in [0.15, 0.2) is 30.9 Å². The molecule has 0 spiro atoms. The third kappa shape index (κ3) is 3.76. The molecule has 2 amide bonds. The van der Waals surface area contributed by atoms with Gasteiger partial charge in [0.1, 0.15) is 0 Å². The fourth-order valence-electron chi connectivity index (χ4n) is 2.47. The van der Waals surface area contributed by atoms with Crippen LogP contribution in [0.4, 0.5) is 14.6 Å². The Bertz CT molecular complexity index is 1010. The number of hydrogen-bond acceptors (Lipinski definition) is 5. The lowest BCUT2D eigenvalue weighted by atomic mass is 10.4. The van der Waals surface area contributed by atoms with Crippen LogP contribution in [0.5, 0.6) is 0 Å². The van der Waals surface area contributed by atoms with Crippen LogP contribution in [-0.2, 0) is 4.79 Å². The molecule has 0 bridgehead atoms. The van der Waals surface area contributed by atoms with Gasteiger partial charge in [-0.25, -0.2) is 23.4 Å². The minimum Gasteiger partial charge on any atom is -0.345 e. The highest BCUT2D eigenvalue weighted by Crippen LogP contribution is 2.30. The van der Waals surface area contributed by atoms with Crippen LogP contribution in [0.25, 0.3) is 11.5 Å².